The summed E-state index contributed by atoms with van der Waals surface area (Å²) in [6.07, 6.45) is 1.04. The zero-order chi connectivity index (χ0) is 43.8. The van der Waals surface area contributed by atoms with E-state index in [1.165, 1.54) is 28.5 Å². The van der Waals surface area contributed by atoms with E-state index in [-0.39, 0.29) is 23.7 Å². The molecule has 2 aliphatic heterocycles. The third-order valence-electron chi connectivity index (χ3n) is 11.6. The van der Waals surface area contributed by atoms with E-state index in [1.54, 1.807) is 18.7 Å². The van der Waals surface area contributed by atoms with Gasteiger partial charge in [-0.2, -0.15) is 0 Å². The van der Waals surface area contributed by atoms with Crippen molar-refractivity contribution in [1.29, 1.82) is 0 Å². The molecule has 5 amide bonds. The lowest BCUT2D eigenvalue weighted by Crippen LogP contribution is -2.59. The van der Waals surface area contributed by atoms with Crippen molar-refractivity contribution in [2.24, 2.45) is 11.7 Å². The number of carbonyl (C=O) groups excluding carboxylic acids is 5. The summed E-state index contributed by atoms with van der Waals surface area (Å²) in [5.74, 6) is -2.19. The van der Waals surface area contributed by atoms with E-state index < -0.39 is 47.9 Å². The van der Waals surface area contributed by atoms with Gasteiger partial charge in [-0.15, -0.1) is 0 Å². The highest BCUT2D eigenvalue weighted by Crippen LogP contribution is 2.35. The van der Waals surface area contributed by atoms with Gasteiger partial charge in [0.2, 0.25) is 29.5 Å². The topological polar surface area (TPSA) is 164 Å². The fourth-order valence-electron chi connectivity index (χ4n) is 7.95. The second-order valence-corrected chi connectivity index (χ2v) is 17.0. The summed E-state index contributed by atoms with van der Waals surface area (Å²) in [5.41, 5.74) is 12.6. The Balaban J connectivity index is 1.17. The van der Waals surface area contributed by atoms with Gasteiger partial charge < -0.3 is 46.2 Å². The van der Waals surface area contributed by atoms with Crippen molar-refractivity contribution in [3.63, 3.8) is 0 Å². The molecule has 3 aromatic rings. The number of benzene rings is 3. The Bertz CT molecular complexity index is 1890. The average molecular weight is 824 g/mol. The lowest BCUT2D eigenvalue weighted by atomic mass is 9.85. The molecule has 14 heteroatoms. The lowest BCUT2D eigenvalue weighted by Gasteiger charge is -2.37. The number of piperazine rings is 1. The Morgan fingerprint density at radius 2 is 1.08 bits per heavy atom. The van der Waals surface area contributed by atoms with E-state index in [1.807, 2.05) is 42.0 Å². The Hall–Kier alpha value is -5.63. The monoisotopic (exact) mass is 824 g/mol. The van der Waals surface area contributed by atoms with Gasteiger partial charge in [-0.3, -0.25) is 24.0 Å². The molecule has 0 radical (unpaired) electrons. The molecule has 0 bridgehead atoms. The summed E-state index contributed by atoms with van der Waals surface area (Å²) in [7, 11) is 8.17. The van der Waals surface area contributed by atoms with Gasteiger partial charge in [0.25, 0.3) is 0 Å². The predicted octanol–water partition coefficient (Wildman–Crippen LogP) is 3.14. The summed E-state index contributed by atoms with van der Waals surface area (Å²) in [6.45, 7) is 11.0. The van der Waals surface area contributed by atoms with E-state index in [2.05, 4.69) is 103 Å². The van der Waals surface area contributed by atoms with Crippen LogP contribution in [0.2, 0.25) is 0 Å². The maximum atomic E-state index is 13.6. The van der Waals surface area contributed by atoms with Crippen LogP contribution in [0.25, 0.3) is 0 Å². The molecular formula is C46H65N9O5. The highest BCUT2D eigenvalue weighted by atomic mass is 16.2. The van der Waals surface area contributed by atoms with Gasteiger partial charge in [-0.25, -0.2) is 0 Å². The third kappa shape index (κ3) is 10.9. The number of amides is 5. The van der Waals surface area contributed by atoms with Gasteiger partial charge in [0.15, 0.2) is 0 Å². The van der Waals surface area contributed by atoms with Crippen molar-refractivity contribution in [3.8, 4) is 0 Å². The standard InChI is InChI=1S/C46H65N9O5/c1-29(2)41(50-43(57)39-11-10-24-55(39)46(60)32(5)48-42(56)30(3)47)44(58)49-31(4)45(59)54-27-25-53(26-28-54)38-22-16-35(17-23-38)40(33-12-18-36(19-13-33)51(6)7)34-14-20-37(21-15-34)52(8)9/h12-23,29-32,39-41H,10-11,24-28,47H2,1-9H3,(H,48,56)(H,49,58)(H,50,57). The van der Waals surface area contributed by atoms with Crippen LogP contribution in [-0.2, 0) is 24.0 Å². The summed E-state index contributed by atoms with van der Waals surface area (Å²) >= 11 is 0. The van der Waals surface area contributed by atoms with Crippen LogP contribution < -0.4 is 36.4 Å². The molecule has 2 aliphatic rings. The highest BCUT2D eigenvalue weighted by Gasteiger charge is 2.39. The quantitative estimate of drug-likeness (QED) is 0.169. The van der Waals surface area contributed by atoms with Crippen LogP contribution in [0, 0.1) is 5.92 Å². The molecule has 60 heavy (non-hydrogen) atoms. The molecule has 3 aromatic carbocycles. The minimum atomic E-state index is -0.922. The number of hydrogen-bond acceptors (Lipinski definition) is 9. The Kier molecular flexibility index (Phi) is 15.2. The molecule has 0 spiro atoms. The number of hydrogen-bond donors (Lipinski definition) is 4. The first kappa shape index (κ1) is 45.5. The van der Waals surface area contributed by atoms with Crippen molar-refractivity contribution in [1.82, 2.24) is 25.8 Å². The largest absolute Gasteiger partial charge is 0.378 e. The minimum Gasteiger partial charge on any atom is -0.378 e. The van der Waals surface area contributed by atoms with Crippen LogP contribution in [0.4, 0.5) is 17.1 Å². The lowest BCUT2D eigenvalue weighted by molar-refractivity contribution is -0.142. The number of anilines is 3. The SMILES string of the molecule is CC(N)C(=O)NC(C)C(=O)N1CCCC1C(=O)NC(C(=O)NC(C)C(=O)N1CCN(c2ccc(C(c3ccc(N(C)C)cc3)c3ccc(N(C)C)cc3)cc2)CC1)C(C)C. The van der Waals surface area contributed by atoms with Gasteiger partial charge in [-0.1, -0.05) is 50.2 Å². The third-order valence-corrected chi connectivity index (χ3v) is 11.6. The Labute approximate surface area is 355 Å². The van der Waals surface area contributed by atoms with Gasteiger partial charge in [0.1, 0.15) is 24.2 Å². The highest BCUT2D eigenvalue weighted by molar-refractivity contribution is 5.96. The van der Waals surface area contributed by atoms with E-state index in [4.69, 9.17) is 5.73 Å². The minimum absolute atomic E-state index is 0.0537. The van der Waals surface area contributed by atoms with Crippen molar-refractivity contribution < 1.29 is 24.0 Å². The number of nitrogens with one attached hydrogen (secondary N) is 3. The molecule has 0 aliphatic carbocycles. The molecule has 2 heterocycles. The van der Waals surface area contributed by atoms with Crippen LogP contribution >= 0.6 is 0 Å². The predicted molar refractivity (Wildman–Crippen MR) is 238 cm³/mol. The van der Waals surface area contributed by atoms with Crippen molar-refractivity contribution in [3.05, 3.63) is 89.5 Å². The number of likely N-dealkylation sites (tertiary alicyclic amines) is 1. The number of nitrogens with zero attached hydrogens (tertiary/aromatic N) is 5. The molecular weight excluding hydrogens is 759 g/mol. The van der Waals surface area contributed by atoms with Crippen LogP contribution in [-0.4, -0.2) is 130 Å². The van der Waals surface area contributed by atoms with Crippen molar-refractivity contribution in [2.45, 2.75) is 83.6 Å². The van der Waals surface area contributed by atoms with E-state index in [0.717, 1.165) is 17.1 Å². The zero-order valence-corrected chi connectivity index (χ0v) is 36.8. The van der Waals surface area contributed by atoms with E-state index in [0.29, 0.717) is 45.6 Å². The summed E-state index contributed by atoms with van der Waals surface area (Å²) < 4.78 is 0. The van der Waals surface area contributed by atoms with Crippen LogP contribution in [0.15, 0.2) is 72.8 Å². The first-order chi connectivity index (χ1) is 28.5. The summed E-state index contributed by atoms with van der Waals surface area (Å²) in [5, 5.41) is 8.28. The second kappa shape index (κ2) is 20.1. The Morgan fingerprint density at radius 3 is 1.55 bits per heavy atom. The molecule has 5 unspecified atom stereocenters. The maximum absolute atomic E-state index is 13.6. The molecule has 324 valence electrons. The average Bonchev–Trinajstić information content (AvgIpc) is 3.73. The zero-order valence-electron chi connectivity index (χ0n) is 36.8. The van der Waals surface area contributed by atoms with Crippen molar-refractivity contribution in [2.75, 3.05) is 75.6 Å². The molecule has 5 rings (SSSR count). The fraction of sp³-hybridized carbons (Fsp3) is 0.500. The second-order valence-electron chi connectivity index (χ2n) is 17.0. The number of carbonyl (C=O) groups is 5. The van der Waals surface area contributed by atoms with Gasteiger partial charge in [0.05, 0.1) is 6.04 Å². The van der Waals surface area contributed by atoms with Crippen LogP contribution in [0.5, 0.6) is 0 Å². The summed E-state index contributed by atoms with van der Waals surface area (Å²) in [6, 6.07) is 22.0. The smallest absolute Gasteiger partial charge is 0.245 e. The molecule has 2 fully saturated rings. The fourth-order valence-corrected chi connectivity index (χ4v) is 7.95. The molecule has 0 saturated carbocycles. The van der Waals surface area contributed by atoms with Gasteiger partial charge >= 0.3 is 0 Å². The maximum Gasteiger partial charge on any atom is 0.245 e. The van der Waals surface area contributed by atoms with Gasteiger partial charge in [-0.05, 0) is 92.6 Å². The van der Waals surface area contributed by atoms with E-state index >= 15 is 0 Å². The summed E-state index contributed by atoms with van der Waals surface area (Å²) in [4.78, 5) is 75.7. The molecule has 5 atom stereocenters. The normalized spacial score (nSPS) is 17.5. The van der Waals surface area contributed by atoms with Crippen LogP contribution in [0.1, 0.15) is 70.1 Å². The van der Waals surface area contributed by atoms with Gasteiger partial charge in [0, 0.05) is 83.9 Å². The Morgan fingerprint density at radius 1 is 0.617 bits per heavy atom. The number of rotatable bonds is 15. The van der Waals surface area contributed by atoms with E-state index in [9.17, 15) is 24.0 Å². The molecule has 0 aromatic heterocycles. The first-order valence-electron chi connectivity index (χ1n) is 21.1. The first-order valence-corrected chi connectivity index (χ1v) is 21.1. The molecule has 14 nitrogen and oxygen atoms in total. The number of nitrogens with two attached hydrogens (primary N) is 1. The van der Waals surface area contributed by atoms with Crippen molar-refractivity contribution >= 4 is 46.6 Å². The molecule has 5 N–H and O–H groups in total. The molecule has 2 saturated heterocycles. The van der Waals surface area contributed by atoms with Crippen LogP contribution in [0.3, 0.4) is 0 Å².